The van der Waals surface area contributed by atoms with Gasteiger partial charge in [-0.1, -0.05) is 6.92 Å². The fourth-order valence-electron chi connectivity index (χ4n) is 3.67. The number of rotatable bonds is 6. The van der Waals surface area contributed by atoms with Crippen LogP contribution in [-0.2, 0) is 10.0 Å². The molecule has 2 fully saturated rings. The molecule has 0 amide bonds. The largest absolute Gasteiger partial charge is 0.317 e. The van der Waals surface area contributed by atoms with Crippen molar-refractivity contribution in [2.75, 3.05) is 52.1 Å². The van der Waals surface area contributed by atoms with Crippen molar-refractivity contribution >= 4 is 10.0 Å². The molecule has 0 aliphatic carbocycles. The lowest BCUT2D eigenvalue weighted by atomic mass is 9.94. The smallest absolute Gasteiger partial charge is 0.211 e. The first-order valence-electron chi connectivity index (χ1n) is 8.37. The van der Waals surface area contributed by atoms with Gasteiger partial charge in [0, 0.05) is 26.2 Å². The number of likely N-dealkylation sites (tertiary alicyclic amines) is 1. The van der Waals surface area contributed by atoms with Crippen molar-refractivity contribution in [3.05, 3.63) is 0 Å². The molecule has 21 heavy (non-hydrogen) atoms. The number of sulfonamides is 1. The minimum atomic E-state index is -3.02. The van der Waals surface area contributed by atoms with E-state index in [1.807, 2.05) is 0 Å². The van der Waals surface area contributed by atoms with Gasteiger partial charge in [0.2, 0.25) is 10.0 Å². The summed E-state index contributed by atoms with van der Waals surface area (Å²) in [5.74, 6) is 1.26. The van der Waals surface area contributed by atoms with Gasteiger partial charge in [-0.2, -0.15) is 0 Å². The number of nitrogens with zero attached hydrogens (tertiary/aromatic N) is 2. The highest BCUT2D eigenvalue weighted by Crippen LogP contribution is 2.22. The van der Waals surface area contributed by atoms with Crippen LogP contribution in [0.15, 0.2) is 0 Å². The van der Waals surface area contributed by atoms with Crippen LogP contribution >= 0.6 is 0 Å². The zero-order valence-corrected chi connectivity index (χ0v) is 14.4. The van der Waals surface area contributed by atoms with Gasteiger partial charge in [-0.05, 0) is 57.2 Å². The number of hydrogen-bond acceptors (Lipinski definition) is 4. The molecular formula is C15H31N3O2S. The van der Waals surface area contributed by atoms with Crippen LogP contribution in [0.3, 0.4) is 0 Å². The summed E-state index contributed by atoms with van der Waals surface area (Å²) in [4.78, 5) is 2.56. The number of hydrogen-bond donors (Lipinski definition) is 1. The molecule has 2 atom stereocenters. The van der Waals surface area contributed by atoms with E-state index in [-0.39, 0.29) is 0 Å². The first-order valence-corrected chi connectivity index (χ1v) is 10.2. The zero-order valence-electron chi connectivity index (χ0n) is 13.6. The van der Waals surface area contributed by atoms with Gasteiger partial charge in [0.05, 0.1) is 6.26 Å². The van der Waals surface area contributed by atoms with Crippen LogP contribution in [0.1, 0.15) is 32.6 Å². The lowest BCUT2D eigenvalue weighted by Gasteiger charge is -2.38. The molecule has 0 spiro atoms. The van der Waals surface area contributed by atoms with Crippen molar-refractivity contribution in [3.8, 4) is 0 Å². The molecule has 0 aromatic heterocycles. The molecule has 0 radical (unpaired) electrons. The fraction of sp³-hybridized carbons (Fsp3) is 1.00. The van der Waals surface area contributed by atoms with Crippen molar-refractivity contribution in [2.45, 2.75) is 32.6 Å². The first kappa shape index (κ1) is 17.2. The normalized spacial score (nSPS) is 29.6. The van der Waals surface area contributed by atoms with E-state index in [0.29, 0.717) is 19.0 Å². The molecule has 2 aliphatic heterocycles. The number of piperidine rings is 2. The summed E-state index contributed by atoms with van der Waals surface area (Å²) in [7, 11) is -3.02. The maximum Gasteiger partial charge on any atom is 0.211 e. The maximum atomic E-state index is 11.7. The van der Waals surface area contributed by atoms with Crippen molar-refractivity contribution in [1.82, 2.24) is 14.5 Å². The van der Waals surface area contributed by atoms with Crippen LogP contribution < -0.4 is 5.32 Å². The van der Waals surface area contributed by atoms with Gasteiger partial charge < -0.3 is 10.2 Å². The Bertz CT molecular complexity index is 413. The Balaban J connectivity index is 1.80. The lowest BCUT2D eigenvalue weighted by Crippen LogP contribution is -2.46. The van der Waals surface area contributed by atoms with Gasteiger partial charge in [-0.25, -0.2) is 12.7 Å². The van der Waals surface area contributed by atoms with Crippen LogP contribution in [0.5, 0.6) is 0 Å². The van der Waals surface area contributed by atoms with Crippen LogP contribution in [0.25, 0.3) is 0 Å². The third-order valence-electron chi connectivity index (χ3n) is 4.75. The van der Waals surface area contributed by atoms with E-state index in [2.05, 4.69) is 17.1 Å². The Morgan fingerprint density at radius 2 is 1.81 bits per heavy atom. The van der Waals surface area contributed by atoms with Gasteiger partial charge in [0.25, 0.3) is 0 Å². The first-order chi connectivity index (χ1) is 9.99. The molecule has 2 aliphatic rings. The summed E-state index contributed by atoms with van der Waals surface area (Å²) < 4.78 is 25.1. The molecular weight excluding hydrogens is 286 g/mol. The van der Waals surface area contributed by atoms with E-state index in [4.69, 9.17) is 0 Å². The average Bonchev–Trinajstić information content (AvgIpc) is 2.45. The zero-order chi connectivity index (χ0) is 15.3. The quantitative estimate of drug-likeness (QED) is 0.793. The van der Waals surface area contributed by atoms with Crippen molar-refractivity contribution in [2.24, 2.45) is 11.8 Å². The van der Waals surface area contributed by atoms with E-state index in [1.165, 1.54) is 38.6 Å². The van der Waals surface area contributed by atoms with Crippen LogP contribution in [0, 0.1) is 11.8 Å². The van der Waals surface area contributed by atoms with E-state index in [0.717, 1.165) is 32.0 Å². The molecule has 0 bridgehead atoms. The summed E-state index contributed by atoms with van der Waals surface area (Å²) in [6.07, 6.45) is 6.11. The molecule has 2 heterocycles. The monoisotopic (exact) mass is 317 g/mol. The second-order valence-corrected chi connectivity index (χ2v) is 8.69. The molecule has 1 N–H and O–H groups in total. The topological polar surface area (TPSA) is 52.6 Å². The average molecular weight is 317 g/mol. The fourth-order valence-corrected chi connectivity index (χ4v) is 4.62. The molecule has 2 unspecified atom stereocenters. The highest BCUT2D eigenvalue weighted by molar-refractivity contribution is 7.88. The second kappa shape index (κ2) is 7.90. The molecule has 6 heteroatoms. The SMILES string of the molecule is CCNCC1CCCN(CC2CCCN(S(C)(=O)=O)C2)C1. The third-order valence-corrected chi connectivity index (χ3v) is 6.02. The standard InChI is InChI=1S/C15H31N3O2S/c1-3-16-10-14-6-4-8-17(11-14)12-15-7-5-9-18(13-15)21(2,19)20/h14-16H,3-13H2,1-2H3. The van der Waals surface area contributed by atoms with Gasteiger partial charge in [0.1, 0.15) is 0 Å². The molecule has 0 aromatic carbocycles. The predicted molar refractivity (Wildman–Crippen MR) is 86.8 cm³/mol. The van der Waals surface area contributed by atoms with Gasteiger partial charge >= 0.3 is 0 Å². The van der Waals surface area contributed by atoms with Gasteiger partial charge in [-0.3, -0.25) is 0 Å². The summed E-state index contributed by atoms with van der Waals surface area (Å²) in [6, 6.07) is 0. The van der Waals surface area contributed by atoms with Crippen molar-refractivity contribution in [1.29, 1.82) is 0 Å². The lowest BCUT2D eigenvalue weighted by molar-refractivity contribution is 0.128. The van der Waals surface area contributed by atoms with Gasteiger partial charge in [0.15, 0.2) is 0 Å². The molecule has 124 valence electrons. The Hall–Kier alpha value is -0.170. The van der Waals surface area contributed by atoms with E-state index in [1.54, 1.807) is 4.31 Å². The van der Waals surface area contributed by atoms with E-state index >= 15 is 0 Å². The molecule has 2 rings (SSSR count). The molecule has 0 saturated carbocycles. The molecule has 0 aromatic rings. The van der Waals surface area contributed by atoms with Crippen LogP contribution in [0.4, 0.5) is 0 Å². The highest BCUT2D eigenvalue weighted by Gasteiger charge is 2.28. The van der Waals surface area contributed by atoms with Crippen molar-refractivity contribution in [3.63, 3.8) is 0 Å². The van der Waals surface area contributed by atoms with Crippen molar-refractivity contribution < 1.29 is 8.42 Å². The second-order valence-electron chi connectivity index (χ2n) is 6.70. The maximum absolute atomic E-state index is 11.7. The third kappa shape index (κ3) is 5.51. The minimum Gasteiger partial charge on any atom is -0.317 e. The van der Waals surface area contributed by atoms with E-state index in [9.17, 15) is 8.42 Å². The Kier molecular flexibility index (Phi) is 6.47. The summed E-state index contributed by atoms with van der Waals surface area (Å²) in [5.41, 5.74) is 0. The van der Waals surface area contributed by atoms with Crippen LogP contribution in [-0.4, -0.2) is 69.7 Å². The minimum absolute atomic E-state index is 0.506. The Morgan fingerprint density at radius 3 is 2.52 bits per heavy atom. The summed E-state index contributed by atoms with van der Waals surface area (Å²) in [5, 5.41) is 3.45. The predicted octanol–water partition coefficient (Wildman–Crippen LogP) is 0.980. The Morgan fingerprint density at radius 1 is 1.10 bits per heavy atom. The number of nitrogens with one attached hydrogen (secondary N) is 1. The molecule has 5 nitrogen and oxygen atoms in total. The Labute approximate surface area is 130 Å². The van der Waals surface area contributed by atoms with Crippen LogP contribution in [0.2, 0.25) is 0 Å². The molecule has 2 saturated heterocycles. The highest BCUT2D eigenvalue weighted by atomic mass is 32.2. The summed E-state index contributed by atoms with van der Waals surface area (Å²) >= 11 is 0. The van der Waals surface area contributed by atoms with Gasteiger partial charge in [-0.15, -0.1) is 0 Å². The summed E-state index contributed by atoms with van der Waals surface area (Å²) in [6.45, 7) is 9.15. The van der Waals surface area contributed by atoms with E-state index < -0.39 is 10.0 Å².